The lowest BCUT2D eigenvalue weighted by atomic mass is 10.1. The summed E-state index contributed by atoms with van der Waals surface area (Å²) in [5, 5.41) is 7.23. The Bertz CT molecular complexity index is 901. The van der Waals surface area contributed by atoms with E-state index >= 15 is 0 Å². The van der Waals surface area contributed by atoms with Crippen LogP contribution in [0.2, 0.25) is 0 Å². The number of hydrogen-bond acceptors (Lipinski definition) is 2. The minimum Gasteiger partial charge on any atom is -0.376 e. The van der Waals surface area contributed by atoms with Crippen LogP contribution in [-0.4, -0.2) is 12.5 Å². The molecule has 3 aromatic carbocycles. The number of rotatable bonds is 4. The molecular formula is C19H15F3N2O. The molecule has 0 radical (unpaired) electrons. The van der Waals surface area contributed by atoms with E-state index in [4.69, 9.17) is 0 Å². The summed E-state index contributed by atoms with van der Waals surface area (Å²) < 4.78 is 38.9. The molecule has 2 N–H and O–H groups in total. The van der Waals surface area contributed by atoms with Crippen molar-refractivity contribution >= 4 is 28.1 Å². The van der Waals surface area contributed by atoms with Gasteiger partial charge in [0.05, 0.1) is 17.8 Å². The number of para-hydroxylation sites is 1. The molecule has 3 aromatic rings. The summed E-state index contributed by atoms with van der Waals surface area (Å²) in [4.78, 5) is 12.1. The van der Waals surface area contributed by atoms with Gasteiger partial charge in [0.2, 0.25) is 5.91 Å². The third-order valence-electron chi connectivity index (χ3n) is 3.74. The Labute approximate surface area is 142 Å². The van der Waals surface area contributed by atoms with Gasteiger partial charge in [0.25, 0.3) is 0 Å². The molecule has 0 aromatic heterocycles. The summed E-state index contributed by atoms with van der Waals surface area (Å²) in [6.45, 7) is -0.139. The van der Waals surface area contributed by atoms with Crippen LogP contribution in [-0.2, 0) is 11.0 Å². The third-order valence-corrected chi connectivity index (χ3v) is 3.74. The topological polar surface area (TPSA) is 41.1 Å². The molecule has 0 aliphatic rings. The fourth-order valence-corrected chi connectivity index (χ4v) is 2.59. The summed E-state index contributed by atoms with van der Waals surface area (Å²) in [6.07, 6.45) is -4.52. The first kappa shape index (κ1) is 16.8. The zero-order chi connectivity index (χ0) is 17.9. The number of carbonyl (C=O) groups is 1. The average Bonchev–Trinajstić information content (AvgIpc) is 2.59. The van der Waals surface area contributed by atoms with Gasteiger partial charge < -0.3 is 10.6 Å². The largest absolute Gasteiger partial charge is 0.418 e. The molecule has 6 heteroatoms. The normalized spacial score (nSPS) is 11.3. The summed E-state index contributed by atoms with van der Waals surface area (Å²) in [7, 11) is 0. The molecule has 0 spiro atoms. The summed E-state index contributed by atoms with van der Waals surface area (Å²) in [5.74, 6) is -0.551. The van der Waals surface area contributed by atoms with Crippen molar-refractivity contribution in [2.45, 2.75) is 6.18 Å². The lowest BCUT2D eigenvalue weighted by Gasteiger charge is -2.14. The van der Waals surface area contributed by atoms with Crippen LogP contribution in [0.1, 0.15) is 5.56 Å². The number of anilines is 2. The van der Waals surface area contributed by atoms with Crippen molar-refractivity contribution in [3.63, 3.8) is 0 Å². The number of hydrogen-bond donors (Lipinski definition) is 2. The van der Waals surface area contributed by atoms with E-state index in [1.165, 1.54) is 18.2 Å². The van der Waals surface area contributed by atoms with Gasteiger partial charge in [-0.3, -0.25) is 4.79 Å². The Morgan fingerprint density at radius 3 is 2.28 bits per heavy atom. The summed E-state index contributed by atoms with van der Waals surface area (Å²) >= 11 is 0. The number of carbonyl (C=O) groups excluding carboxylic acids is 1. The average molecular weight is 344 g/mol. The zero-order valence-corrected chi connectivity index (χ0v) is 13.1. The van der Waals surface area contributed by atoms with Crippen LogP contribution in [0.3, 0.4) is 0 Å². The van der Waals surface area contributed by atoms with Crippen molar-refractivity contribution < 1.29 is 18.0 Å². The van der Waals surface area contributed by atoms with Crippen molar-refractivity contribution in [1.29, 1.82) is 0 Å². The predicted molar refractivity (Wildman–Crippen MR) is 92.5 cm³/mol. The fraction of sp³-hybridized carbons (Fsp3) is 0.105. The Hall–Kier alpha value is -3.02. The van der Waals surface area contributed by atoms with Crippen molar-refractivity contribution in [1.82, 2.24) is 0 Å². The highest BCUT2D eigenvalue weighted by Crippen LogP contribution is 2.34. The Kier molecular flexibility index (Phi) is 4.61. The van der Waals surface area contributed by atoms with Crippen molar-refractivity contribution in [2.75, 3.05) is 17.2 Å². The second kappa shape index (κ2) is 6.84. The highest BCUT2D eigenvalue weighted by Gasteiger charge is 2.33. The minimum atomic E-state index is -4.52. The molecule has 3 rings (SSSR count). The number of nitrogens with one attached hydrogen (secondary N) is 2. The van der Waals surface area contributed by atoms with Gasteiger partial charge in [0.15, 0.2) is 0 Å². The molecule has 25 heavy (non-hydrogen) atoms. The Morgan fingerprint density at radius 2 is 1.48 bits per heavy atom. The number of halogens is 3. The minimum absolute atomic E-state index is 0.139. The van der Waals surface area contributed by atoms with E-state index in [1.807, 2.05) is 42.5 Å². The maximum atomic E-state index is 13.0. The SMILES string of the molecule is O=C(CNc1cccc2ccccc12)Nc1ccccc1C(F)(F)F. The first-order chi connectivity index (χ1) is 11.9. The zero-order valence-electron chi connectivity index (χ0n) is 13.1. The lowest BCUT2D eigenvalue weighted by molar-refractivity contribution is -0.137. The number of benzene rings is 3. The monoisotopic (exact) mass is 344 g/mol. The van der Waals surface area contributed by atoms with E-state index in [-0.39, 0.29) is 12.2 Å². The molecule has 0 aliphatic carbocycles. The molecule has 0 fully saturated rings. The van der Waals surface area contributed by atoms with E-state index in [9.17, 15) is 18.0 Å². The van der Waals surface area contributed by atoms with Crippen LogP contribution < -0.4 is 10.6 Å². The molecule has 3 nitrogen and oxygen atoms in total. The van der Waals surface area contributed by atoms with Crippen LogP contribution in [0.15, 0.2) is 66.7 Å². The van der Waals surface area contributed by atoms with Gasteiger partial charge >= 0.3 is 6.18 Å². The van der Waals surface area contributed by atoms with Crippen LogP contribution >= 0.6 is 0 Å². The molecule has 128 valence electrons. The molecule has 0 atom stereocenters. The number of amides is 1. The molecule has 0 bridgehead atoms. The first-order valence-electron chi connectivity index (χ1n) is 7.63. The maximum Gasteiger partial charge on any atom is 0.418 e. The van der Waals surface area contributed by atoms with E-state index in [2.05, 4.69) is 10.6 Å². The van der Waals surface area contributed by atoms with Crippen molar-refractivity contribution in [2.24, 2.45) is 0 Å². The van der Waals surface area contributed by atoms with Crippen LogP contribution in [0, 0.1) is 0 Å². The molecule has 1 amide bonds. The molecule has 0 heterocycles. The van der Waals surface area contributed by atoms with Gasteiger partial charge in [0, 0.05) is 11.1 Å². The summed E-state index contributed by atoms with van der Waals surface area (Å²) in [6, 6.07) is 18.2. The van der Waals surface area contributed by atoms with Crippen LogP contribution in [0.5, 0.6) is 0 Å². The van der Waals surface area contributed by atoms with E-state index in [1.54, 1.807) is 0 Å². The second-order valence-corrected chi connectivity index (χ2v) is 5.47. The highest BCUT2D eigenvalue weighted by atomic mass is 19.4. The first-order valence-corrected chi connectivity index (χ1v) is 7.63. The van der Waals surface area contributed by atoms with E-state index < -0.39 is 17.6 Å². The van der Waals surface area contributed by atoms with Gasteiger partial charge in [-0.25, -0.2) is 0 Å². The second-order valence-electron chi connectivity index (χ2n) is 5.47. The van der Waals surface area contributed by atoms with Crippen molar-refractivity contribution in [3.05, 3.63) is 72.3 Å². The van der Waals surface area contributed by atoms with Crippen LogP contribution in [0.25, 0.3) is 10.8 Å². The molecular weight excluding hydrogens is 329 g/mol. The molecule has 0 saturated carbocycles. The summed E-state index contributed by atoms with van der Waals surface area (Å²) in [5.41, 5.74) is -0.370. The lowest BCUT2D eigenvalue weighted by Crippen LogP contribution is -2.23. The van der Waals surface area contributed by atoms with Gasteiger partial charge in [-0.2, -0.15) is 13.2 Å². The molecule has 0 aliphatic heterocycles. The molecule has 0 saturated heterocycles. The fourth-order valence-electron chi connectivity index (χ4n) is 2.59. The van der Waals surface area contributed by atoms with E-state index in [0.717, 1.165) is 22.5 Å². The third kappa shape index (κ3) is 3.91. The van der Waals surface area contributed by atoms with Gasteiger partial charge in [0.1, 0.15) is 0 Å². The Morgan fingerprint density at radius 1 is 0.840 bits per heavy atom. The van der Waals surface area contributed by atoms with Crippen LogP contribution in [0.4, 0.5) is 24.5 Å². The maximum absolute atomic E-state index is 13.0. The number of fused-ring (bicyclic) bond motifs is 1. The van der Waals surface area contributed by atoms with E-state index in [0.29, 0.717) is 0 Å². The standard InChI is InChI=1S/C19H15F3N2O/c20-19(21,22)15-9-3-4-10-17(15)24-18(25)12-23-16-11-5-7-13-6-1-2-8-14(13)16/h1-11,23H,12H2,(H,24,25). The predicted octanol–water partition coefficient (Wildman–Crippen LogP) is 4.91. The Balaban J connectivity index is 1.72. The molecule has 0 unspecified atom stereocenters. The highest BCUT2D eigenvalue weighted by molar-refractivity contribution is 5.98. The quantitative estimate of drug-likeness (QED) is 0.706. The van der Waals surface area contributed by atoms with Gasteiger partial charge in [-0.05, 0) is 23.6 Å². The van der Waals surface area contributed by atoms with Crippen molar-refractivity contribution in [3.8, 4) is 0 Å². The van der Waals surface area contributed by atoms with Gasteiger partial charge in [-0.15, -0.1) is 0 Å². The number of alkyl halides is 3. The van der Waals surface area contributed by atoms with Gasteiger partial charge in [-0.1, -0.05) is 48.5 Å². The smallest absolute Gasteiger partial charge is 0.376 e.